The summed E-state index contributed by atoms with van der Waals surface area (Å²) in [6.07, 6.45) is -3.30. The van der Waals surface area contributed by atoms with E-state index in [1.54, 1.807) is 6.92 Å². The topological polar surface area (TPSA) is 24.5 Å². The van der Waals surface area contributed by atoms with Crippen molar-refractivity contribution in [1.82, 2.24) is 10.2 Å². The molecule has 0 aromatic carbocycles. The van der Waals surface area contributed by atoms with Gasteiger partial charge in [0.2, 0.25) is 0 Å². The lowest BCUT2D eigenvalue weighted by atomic mass is 10.4. The fourth-order valence-electron chi connectivity index (χ4n) is 1.24. The third-order valence-corrected chi connectivity index (χ3v) is 4.25. The van der Waals surface area contributed by atoms with Gasteiger partial charge in [0, 0.05) is 34.5 Å². The van der Waals surface area contributed by atoms with Crippen molar-refractivity contribution in [1.29, 1.82) is 0 Å². The summed E-state index contributed by atoms with van der Waals surface area (Å²) in [6, 6.07) is 1.01. The number of rotatable bonds is 8. The summed E-state index contributed by atoms with van der Waals surface area (Å²) in [5.41, 5.74) is -0.761. The Morgan fingerprint density at radius 1 is 1.32 bits per heavy atom. The first-order valence-electron chi connectivity index (χ1n) is 6.38. The summed E-state index contributed by atoms with van der Waals surface area (Å²) in [6.45, 7) is 9.74. The van der Waals surface area contributed by atoms with E-state index >= 15 is 0 Å². The van der Waals surface area contributed by atoms with Gasteiger partial charge in [0.05, 0.1) is 0 Å². The number of allylic oxidation sites excluding steroid dienone is 1. The number of hydrogen-bond acceptors (Lipinski definition) is 3. The Balaban J connectivity index is 4.32. The van der Waals surface area contributed by atoms with Crippen molar-refractivity contribution < 1.29 is 17.9 Å². The van der Waals surface area contributed by atoms with E-state index in [0.717, 1.165) is 12.2 Å². The van der Waals surface area contributed by atoms with Gasteiger partial charge in [-0.3, -0.25) is 0 Å². The number of nitrogens with zero attached hydrogens (tertiary/aromatic N) is 1. The van der Waals surface area contributed by atoms with Crippen LogP contribution in [0.25, 0.3) is 0 Å². The number of nitrogens with one attached hydrogen (secondary N) is 1. The zero-order valence-electron chi connectivity index (χ0n) is 12.4. The normalized spacial score (nSPS) is 13.6. The molecule has 3 nitrogen and oxygen atoms in total. The molecule has 0 heterocycles. The highest BCUT2D eigenvalue weighted by molar-refractivity contribution is 6.76. The van der Waals surface area contributed by atoms with E-state index in [1.165, 1.54) is 11.9 Å². The molecule has 0 saturated heterocycles. The number of halogens is 3. The van der Waals surface area contributed by atoms with Crippen LogP contribution in [0.1, 0.15) is 6.92 Å². The summed E-state index contributed by atoms with van der Waals surface area (Å²) in [5.74, 6) is 0. The fourth-order valence-corrected chi connectivity index (χ4v) is 2.00. The highest BCUT2D eigenvalue weighted by atomic mass is 28.3. The largest absolute Gasteiger partial charge is 0.432 e. The maximum Gasteiger partial charge on any atom is 0.432 e. The molecular formula is C12H25F3N2OSi. The average molecular weight is 298 g/mol. The molecule has 1 N–H and O–H groups in total. The molecule has 0 aromatic heterocycles. The predicted octanol–water partition coefficient (Wildman–Crippen LogP) is 3.24. The molecule has 19 heavy (non-hydrogen) atoms. The molecule has 114 valence electrons. The second-order valence-electron chi connectivity index (χ2n) is 5.54. The predicted molar refractivity (Wildman–Crippen MR) is 74.5 cm³/mol. The number of alkyl halides is 3. The van der Waals surface area contributed by atoms with Gasteiger partial charge in [0.1, 0.15) is 12.4 Å². The Morgan fingerprint density at radius 2 is 1.89 bits per heavy atom. The van der Waals surface area contributed by atoms with Crippen molar-refractivity contribution in [2.45, 2.75) is 38.8 Å². The zero-order chi connectivity index (χ0) is 15.1. The van der Waals surface area contributed by atoms with Gasteiger partial charge >= 0.3 is 6.18 Å². The zero-order valence-corrected chi connectivity index (χ0v) is 13.4. The molecule has 0 spiro atoms. The van der Waals surface area contributed by atoms with E-state index in [4.69, 9.17) is 4.74 Å². The van der Waals surface area contributed by atoms with Crippen LogP contribution in [0.15, 0.2) is 11.9 Å². The Labute approximate surface area is 114 Å². The molecule has 0 radical (unpaired) electrons. The molecule has 0 aliphatic heterocycles. The first-order chi connectivity index (χ1) is 8.60. The second kappa shape index (κ2) is 7.79. The van der Waals surface area contributed by atoms with Gasteiger partial charge in [-0.05, 0) is 13.0 Å². The molecule has 0 rings (SSSR count). The summed E-state index contributed by atoms with van der Waals surface area (Å²) in [5, 5.41) is 2.17. The molecule has 0 aliphatic rings. The van der Waals surface area contributed by atoms with Crippen molar-refractivity contribution in [3.8, 4) is 0 Å². The van der Waals surface area contributed by atoms with Crippen LogP contribution in [0.4, 0.5) is 13.2 Å². The van der Waals surface area contributed by atoms with Crippen LogP contribution in [0.3, 0.4) is 0 Å². The Hall–Kier alpha value is -0.693. The summed E-state index contributed by atoms with van der Waals surface area (Å²) in [7, 11) is 0.104. The third kappa shape index (κ3) is 8.93. The first kappa shape index (κ1) is 18.3. The third-order valence-electron chi connectivity index (χ3n) is 2.55. The molecule has 0 saturated carbocycles. The summed E-state index contributed by atoms with van der Waals surface area (Å²) in [4.78, 5) is 1.50. The van der Waals surface area contributed by atoms with Gasteiger partial charge in [-0.2, -0.15) is 13.2 Å². The maximum atomic E-state index is 12.6. The number of hydrogen-bond donors (Lipinski definition) is 1. The van der Waals surface area contributed by atoms with Gasteiger partial charge in [-0.1, -0.05) is 19.6 Å². The van der Waals surface area contributed by atoms with E-state index in [-0.39, 0.29) is 6.73 Å². The second-order valence-corrected chi connectivity index (χ2v) is 11.2. The lowest BCUT2D eigenvalue weighted by molar-refractivity contribution is -0.0977. The van der Waals surface area contributed by atoms with Gasteiger partial charge in [0.15, 0.2) is 0 Å². The lowest BCUT2D eigenvalue weighted by Crippen LogP contribution is -2.30. The van der Waals surface area contributed by atoms with Crippen molar-refractivity contribution >= 4 is 8.07 Å². The molecular weight excluding hydrogens is 273 g/mol. The van der Waals surface area contributed by atoms with Crippen LogP contribution in [0, 0.1) is 0 Å². The van der Waals surface area contributed by atoms with Gasteiger partial charge < -0.3 is 15.0 Å². The van der Waals surface area contributed by atoms with E-state index in [2.05, 4.69) is 25.0 Å². The van der Waals surface area contributed by atoms with Crippen LogP contribution in [0.2, 0.25) is 25.7 Å². The molecule has 0 bridgehead atoms. The molecule has 0 aliphatic carbocycles. The smallest absolute Gasteiger partial charge is 0.383 e. The standard InChI is InChI=1S/C12H25F3N2OSi/c1-6-17(9-11(16-2)12(13,14)15)10-18-7-8-19(3,4)5/h9,16H,6-8,10H2,1-5H3/b11-9-. The van der Waals surface area contributed by atoms with E-state index in [9.17, 15) is 13.2 Å². The van der Waals surface area contributed by atoms with Gasteiger partial charge in [0.25, 0.3) is 0 Å². The van der Waals surface area contributed by atoms with Crippen molar-refractivity contribution in [3.05, 3.63) is 11.9 Å². The van der Waals surface area contributed by atoms with Crippen molar-refractivity contribution in [2.24, 2.45) is 0 Å². The highest BCUT2D eigenvalue weighted by Crippen LogP contribution is 2.23. The molecule has 0 aromatic rings. The van der Waals surface area contributed by atoms with Crippen LogP contribution >= 0.6 is 0 Å². The Morgan fingerprint density at radius 3 is 2.26 bits per heavy atom. The molecule has 0 fully saturated rings. The molecule has 0 amide bonds. The average Bonchev–Trinajstić information content (AvgIpc) is 2.25. The minimum absolute atomic E-state index is 0.183. The maximum absolute atomic E-state index is 12.6. The minimum Gasteiger partial charge on any atom is -0.383 e. The summed E-state index contributed by atoms with van der Waals surface area (Å²) < 4.78 is 43.1. The highest BCUT2D eigenvalue weighted by Gasteiger charge is 2.33. The van der Waals surface area contributed by atoms with E-state index in [1.807, 2.05) is 0 Å². The van der Waals surface area contributed by atoms with Crippen molar-refractivity contribution in [2.75, 3.05) is 26.9 Å². The van der Waals surface area contributed by atoms with Crippen LogP contribution in [-0.4, -0.2) is 46.1 Å². The summed E-state index contributed by atoms with van der Waals surface area (Å²) >= 11 is 0. The molecule has 7 heteroatoms. The van der Waals surface area contributed by atoms with Crippen molar-refractivity contribution in [3.63, 3.8) is 0 Å². The Kier molecular flexibility index (Phi) is 7.51. The van der Waals surface area contributed by atoms with Crippen LogP contribution in [0.5, 0.6) is 0 Å². The van der Waals surface area contributed by atoms with Gasteiger partial charge in [-0.25, -0.2) is 0 Å². The lowest BCUT2D eigenvalue weighted by Gasteiger charge is -2.22. The van der Waals surface area contributed by atoms with E-state index < -0.39 is 19.9 Å². The van der Waals surface area contributed by atoms with Crippen LogP contribution < -0.4 is 5.32 Å². The SMILES string of the molecule is CCN(/C=C(\NC)C(F)(F)F)COCC[Si](C)(C)C. The van der Waals surface area contributed by atoms with Crippen LogP contribution in [-0.2, 0) is 4.74 Å². The fraction of sp³-hybridized carbons (Fsp3) is 0.833. The first-order valence-corrected chi connectivity index (χ1v) is 10.1. The minimum atomic E-state index is -4.36. The van der Waals surface area contributed by atoms with Gasteiger partial charge in [-0.15, -0.1) is 0 Å². The molecule has 0 unspecified atom stereocenters. The monoisotopic (exact) mass is 298 g/mol. The van der Waals surface area contributed by atoms with E-state index in [0.29, 0.717) is 13.2 Å². The quantitative estimate of drug-likeness (QED) is 0.423. The Bertz CT molecular complexity index is 288. The number of ether oxygens (including phenoxy) is 1. The molecule has 0 atom stereocenters.